The number of nitrogens with zero attached hydrogens (tertiary/aromatic N) is 4. The highest BCUT2D eigenvalue weighted by molar-refractivity contribution is 6.31. The van der Waals surface area contributed by atoms with Crippen LogP contribution in [0.15, 0.2) is 66.9 Å². The van der Waals surface area contributed by atoms with Crippen molar-refractivity contribution in [3.05, 3.63) is 77.4 Å². The average Bonchev–Trinajstić information content (AvgIpc) is 2.74. The molecule has 0 aliphatic carbocycles. The van der Waals surface area contributed by atoms with E-state index in [0.29, 0.717) is 6.54 Å². The normalized spacial score (nSPS) is 14.3. The molecule has 1 saturated heterocycles. The fourth-order valence-electron chi connectivity index (χ4n) is 3.23. The van der Waals surface area contributed by atoms with Gasteiger partial charge in [-0.05, 0) is 29.8 Å². The van der Waals surface area contributed by atoms with Gasteiger partial charge in [-0.15, -0.1) is 0 Å². The third-order valence-electron chi connectivity index (χ3n) is 4.74. The molecule has 0 amide bonds. The summed E-state index contributed by atoms with van der Waals surface area (Å²) in [6.45, 7) is 4.37. The van der Waals surface area contributed by atoms with E-state index in [1.54, 1.807) is 6.20 Å². The Kier molecular flexibility index (Phi) is 5.39. The summed E-state index contributed by atoms with van der Waals surface area (Å²) in [5, 5.41) is 4.10. The van der Waals surface area contributed by atoms with Crippen molar-refractivity contribution in [2.45, 2.75) is 6.54 Å². The van der Waals surface area contributed by atoms with Gasteiger partial charge in [-0.1, -0.05) is 48.0 Å². The molecule has 1 fully saturated rings. The Morgan fingerprint density at radius 3 is 2.33 bits per heavy atom. The third kappa shape index (κ3) is 4.31. The fraction of sp³-hybridized carbons (Fsp3) is 0.238. The van der Waals surface area contributed by atoms with Gasteiger partial charge in [0.15, 0.2) is 0 Å². The molecule has 27 heavy (non-hydrogen) atoms. The van der Waals surface area contributed by atoms with Gasteiger partial charge in [0.1, 0.15) is 5.82 Å². The molecule has 1 N–H and O–H groups in total. The molecule has 138 valence electrons. The van der Waals surface area contributed by atoms with E-state index in [-0.39, 0.29) is 0 Å². The molecule has 0 radical (unpaired) electrons. The van der Waals surface area contributed by atoms with Crippen LogP contribution in [-0.4, -0.2) is 36.1 Å². The summed E-state index contributed by atoms with van der Waals surface area (Å²) in [4.78, 5) is 13.8. The zero-order valence-electron chi connectivity index (χ0n) is 15.1. The number of piperazine rings is 1. The molecule has 1 aromatic heterocycles. The van der Waals surface area contributed by atoms with Crippen LogP contribution in [0.2, 0.25) is 5.02 Å². The van der Waals surface area contributed by atoms with Crippen molar-refractivity contribution in [2.24, 2.45) is 0 Å². The van der Waals surface area contributed by atoms with Gasteiger partial charge in [0.05, 0.1) is 0 Å². The molecule has 1 aliphatic heterocycles. The maximum Gasteiger partial charge on any atom is 0.227 e. The van der Waals surface area contributed by atoms with E-state index in [0.717, 1.165) is 48.5 Å². The number of hydrogen-bond donors (Lipinski definition) is 1. The Labute approximate surface area is 164 Å². The van der Waals surface area contributed by atoms with Crippen LogP contribution in [0.5, 0.6) is 0 Å². The van der Waals surface area contributed by atoms with Crippen molar-refractivity contribution in [3.63, 3.8) is 0 Å². The second-order valence-electron chi connectivity index (χ2n) is 6.50. The third-order valence-corrected chi connectivity index (χ3v) is 5.11. The fourth-order valence-corrected chi connectivity index (χ4v) is 3.43. The monoisotopic (exact) mass is 379 g/mol. The minimum absolute atomic E-state index is 0.637. The molecule has 1 aliphatic rings. The number of nitrogens with one attached hydrogen (secondary N) is 1. The van der Waals surface area contributed by atoms with Crippen molar-refractivity contribution < 1.29 is 0 Å². The van der Waals surface area contributed by atoms with Crippen molar-refractivity contribution >= 4 is 29.1 Å². The summed E-state index contributed by atoms with van der Waals surface area (Å²) in [6.07, 6.45) is 1.81. The Balaban J connectivity index is 1.37. The quantitative estimate of drug-likeness (QED) is 0.724. The minimum Gasteiger partial charge on any atom is -0.368 e. The molecular formula is C21H22ClN5. The molecule has 3 aromatic rings. The Morgan fingerprint density at radius 1 is 0.852 bits per heavy atom. The van der Waals surface area contributed by atoms with Gasteiger partial charge in [-0.25, -0.2) is 4.98 Å². The first-order valence-electron chi connectivity index (χ1n) is 9.15. The van der Waals surface area contributed by atoms with Crippen LogP contribution in [0.4, 0.5) is 17.5 Å². The van der Waals surface area contributed by atoms with Gasteiger partial charge in [-0.3, -0.25) is 0 Å². The highest BCUT2D eigenvalue weighted by Crippen LogP contribution is 2.20. The van der Waals surface area contributed by atoms with Crippen LogP contribution in [0.25, 0.3) is 0 Å². The van der Waals surface area contributed by atoms with E-state index in [1.165, 1.54) is 5.69 Å². The first-order valence-corrected chi connectivity index (χ1v) is 9.53. The Morgan fingerprint density at radius 2 is 1.56 bits per heavy atom. The predicted octanol–water partition coefficient (Wildman–Crippen LogP) is 4.07. The number of rotatable bonds is 5. The van der Waals surface area contributed by atoms with E-state index >= 15 is 0 Å². The number of anilines is 3. The highest BCUT2D eigenvalue weighted by Gasteiger charge is 2.19. The van der Waals surface area contributed by atoms with Crippen LogP contribution in [0.3, 0.4) is 0 Å². The van der Waals surface area contributed by atoms with Crippen LogP contribution in [-0.2, 0) is 6.54 Å². The molecule has 5 nitrogen and oxygen atoms in total. The summed E-state index contributed by atoms with van der Waals surface area (Å²) < 4.78 is 0. The van der Waals surface area contributed by atoms with Crippen molar-refractivity contribution in [1.82, 2.24) is 9.97 Å². The van der Waals surface area contributed by atoms with Gasteiger partial charge in [0.2, 0.25) is 5.95 Å². The zero-order valence-corrected chi connectivity index (χ0v) is 15.8. The second kappa shape index (κ2) is 8.27. The van der Waals surface area contributed by atoms with E-state index < -0.39 is 0 Å². The topological polar surface area (TPSA) is 44.3 Å². The lowest BCUT2D eigenvalue weighted by molar-refractivity contribution is 0.640. The maximum absolute atomic E-state index is 6.22. The molecule has 0 bridgehead atoms. The lowest BCUT2D eigenvalue weighted by Gasteiger charge is -2.36. The first-order chi connectivity index (χ1) is 13.3. The van der Waals surface area contributed by atoms with E-state index in [1.807, 2.05) is 30.3 Å². The van der Waals surface area contributed by atoms with Gasteiger partial charge >= 0.3 is 0 Å². The smallest absolute Gasteiger partial charge is 0.227 e. The van der Waals surface area contributed by atoms with E-state index in [4.69, 9.17) is 11.6 Å². The lowest BCUT2D eigenvalue weighted by Crippen LogP contribution is -2.47. The Hall–Kier alpha value is -2.79. The standard InChI is InChI=1S/C21H22ClN5/c22-19-9-5-4-6-17(19)16-24-20-10-11-23-21(25-20)27-14-12-26(13-15-27)18-7-2-1-3-8-18/h1-11H,12-16H2,(H,23,24,25). The predicted molar refractivity (Wildman–Crippen MR) is 112 cm³/mol. The van der Waals surface area contributed by atoms with E-state index in [2.05, 4.69) is 55.4 Å². The average molecular weight is 380 g/mol. The number of aromatic nitrogens is 2. The molecular weight excluding hydrogens is 358 g/mol. The van der Waals surface area contributed by atoms with Gasteiger partial charge in [0, 0.05) is 49.6 Å². The molecule has 0 atom stereocenters. The summed E-state index contributed by atoms with van der Waals surface area (Å²) in [5.74, 6) is 1.58. The van der Waals surface area contributed by atoms with Crippen molar-refractivity contribution in [1.29, 1.82) is 0 Å². The minimum atomic E-state index is 0.637. The van der Waals surface area contributed by atoms with Crippen molar-refractivity contribution in [2.75, 3.05) is 41.3 Å². The number of para-hydroxylation sites is 1. The molecule has 4 rings (SSSR count). The zero-order chi connectivity index (χ0) is 18.5. The van der Waals surface area contributed by atoms with Crippen molar-refractivity contribution in [3.8, 4) is 0 Å². The van der Waals surface area contributed by atoms with Crippen LogP contribution >= 0.6 is 11.6 Å². The summed E-state index contributed by atoms with van der Waals surface area (Å²) in [7, 11) is 0. The first kappa shape index (κ1) is 17.6. The largest absolute Gasteiger partial charge is 0.368 e. The Bertz CT molecular complexity index is 879. The van der Waals surface area contributed by atoms with Crippen LogP contribution in [0.1, 0.15) is 5.56 Å². The molecule has 0 saturated carbocycles. The molecule has 0 spiro atoms. The van der Waals surface area contributed by atoms with Gasteiger partial charge in [0.25, 0.3) is 0 Å². The summed E-state index contributed by atoms with van der Waals surface area (Å²) in [5.41, 5.74) is 2.32. The molecule has 2 aromatic carbocycles. The number of hydrogen-bond acceptors (Lipinski definition) is 5. The highest BCUT2D eigenvalue weighted by atomic mass is 35.5. The summed E-state index contributed by atoms with van der Waals surface area (Å²) in [6, 6.07) is 20.3. The molecule has 0 unspecified atom stereocenters. The SMILES string of the molecule is Clc1ccccc1CNc1ccnc(N2CCN(c3ccccc3)CC2)n1. The number of benzene rings is 2. The van der Waals surface area contributed by atoms with Crippen LogP contribution < -0.4 is 15.1 Å². The number of halogens is 1. The van der Waals surface area contributed by atoms with Gasteiger partial charge < -0.3 is 15.1 Å². The second-order valence-corrected chi connectivity index (χ2v) is 6.90. The molecule has 6 heteroatoms. The molecule has 2 heterocycles. The van der Waals surface area contributed by atoms with E-state index in [9.17, 15) is 0 Å². The van der Waals surface area contributed by atoms with Gasteiger partial charge in [-0.2, -0.15) is 4.98 Å². The summed E-state index contributed by atoms with van der Waals surface area (Å²) >= 11 is 6.22. The van der Waals surface area contributed by atoms with Crippen LogP contribution in [0, 0.1) is 0 Å². The maximum atomic E-state index is 6.22. The lowest BCUT2D eigenvalue weighted by atomic mass is 10.2.